The standard InChI is InChI=1S/C20H20N4O5/c1-24-6-4-10(5-7-24)21-9-12-14(26)8-15(27)19-17(12)23-18-13(25)3-2-11(20(28)29)16(18)22-19/h2-3,8-10,21-22,26H,4-7H2,1H3,(H,28,29)/b12-9-. The van der Waals surface area contributed by atoms with Gasteiger partial charge < -0.3 is 25.4 Å². The van der Waals surface area contributed by atoms with Gasteiger partial charge in [0.25, 0.3) is 0 Å². The van der Waals surface area contributed by atoms with E-state index in [0.717, 1.165) is 38.1 Å². The number of aromatic hydroxyl groups is 1. The number of likely N-dealkylation sites (tertiary alicyclic amines) is 1. The van der Waals surface area contributed by atoms with Gasteiger partial charge >= 0.3 is 5.97 Å². The highest BCUT2D eigenvalue weighted by molar-refractivity contribution is 6.02. The number of fused-ring (bicyclic) bond motifs is 2. The normalized spacial score (nSPS) is 16.5. The summed E-state index contributed by atoms with van der Waals surface area (Å²) in [5, 5.41) is 23.3. The Morgan fingerprint density at radius 2 is 1.93 bits per heavy atom. The first-order valence-corrected chi connectivity index (χ1v) is 9.26. The highest BCUT2D eigenvalue weighted by atomic mass is 16.4. The first kappa shape index (κ1) is 18.9. The second kappa shape index (κ2) is 7.17. The molecule has 150 valence electrons. The van der Waals surface area contributed by atoms with Crippen LogP contribution in [0.3, 0.4) is 0 Å². The largest absolute Gasteiger partial charge is 0.507 e. The molecule has 0 aliphatic carbocycles. The number of carbonyl (C=O) groups is 1. The highest BCUT2D eigenvalue weighted by Gasteiger charge is 2.17. The minimum Gasteiger partial charge on any atom is -0.507 e. The molecule has 0 unspecified atom stereocenters. The summed E-state index contributed by atoms with van der Waals surface area (Å²) in [6.07, 6.45) is 3.46. The van der Waals surface area contributed by atoms with Gasteiger partial charge in [0.2, 0.25) is 10.9 Å². The first-order chi connectivity index (χ1) is 13.8. The summed E-state index contributed by atoms with van der Waals surface area (Å²) >= 11 is 0. The topological polar surface area (TPSA) is 136 Å². The van der Waals surface area contributed by atoms with Crippen LogP contribution in [0.5, 0.6) is 5.75 Å². The summed E-state index contributed by atoms with van der Waals surface area (Å²) in [5.74, 6) is -1.50. The number of phenolic OH excluding ortho intramolecular Hbond substituents is 1. The number of hydrogen-bond acceptors (Lipinski definition) is 7. The van der Waals surface area contributed by atoms with E-state index in [-0.39, 0.29) is 44.6 Å². The summed E-state index contributed by atoms with van der Waals surface area (Å²) in [5.41, 5.74) is -1.16. The number of carboxylic acids is 1. The molecule has 1 aromatic heterocycles. The molecule has 0 radical (unpaired) electrons. The Kier molecular flexibility index (Phi) is 4.67. The van der Waals surface area contributed by atoms with Crippen molar-refractivity contribution in [1.82, 2.24) is 20.2 Å². The van der Waals surface area contributed by atoms with Gasteiger partial charge in [-0.3, -0.25) is 9.59 Å². The van der Waals surface area contributed by atoms with Crippen LogP contribution < -0.4 is 21.4 Å². The van der Waals surface area contributed by atoms with Crippen molar-refractivity contribution in [3.8, 4) is 5.75 Å². The van der Waals surface area contributed by atoms with Crippen molar-refractivity contribution in [2.75, 3.05) is 20.1 Å². The van der Waals surface area contributed by atoms with Gasteiger partial charge in [-0.1, -0.05) is 0 Å². The second-order valence-corrected chi connectivity index (χ2v) is 7.30. The number of rotatable bonds is 3. The Bertz CT molecular complexity index is 1290. The second-order valence-electron chi connectivity index (χ2n) is 7.30. The third kappa shape index (κ3) is 3.40. The molecule has 3 aromatic rings. The Morgan fingerprint density at radius 3 is 2.62 bits per heavy atom. The molecule has 4 N–H and O–H groups in total. The van der Waals surface area contributed by atoms with Crippen LogP contribution in [0, 0.1) is 0 Å². The van der Waals surface area contributed by atoms with E-state index in [9.17, 15) is 24.6 Å². The Hall–Kier alpha value is -3.46. The minimum atomic E-state index is -1.24. The molecule has 2 aromatic carbocycles. The highest BCUT2D eigenvalue weighted by Crippen LogP contribution is 2.15. The van der Waals surface area contributed by atoms with Crippen LogP contribution >= 0.6 is 0 Å². The van der Waals surface area contributed by atoms with Crippen LogP contribution in [-0.2, 0) is 0 Å². The van der Waals surface area contributed by atoms with Crippen LogP contribution in [0.25, 0.3) is 28.3 Å². The Morgan fingerprint density at radius 1 is 1.21 bits per heavy atom. The Balaban J connectivity index is 1.93. The molecule has 2 heterocycles. The SMILES string of the molecule is CN1CCC(N/C=c2/c(O)cc(=O)c3[nH]c4c(C(=O)O)ccc(=O)c4nc23)CC1. The van der Waals surface area contributed by atoms with Crippen LogP contribution in [0.15, 0.2) is 27.8 Å². The van der Waals surface area contributed by atoms with E-state index < -0.39 is 16.8 Å². The summed E-state index contributed by atoms with van der Waals surface area (Å²) in [4.78, 5) is 45.4. The van der Waals surface area contributed by atoms with E-state index in [1.54, 1.807) is 6.20 Å². The number of carboxylic acid groups (broad SMARTS) is 1. The number of hydrogen-bond donors (Lipinski definition) is 4. The number of piperidine rings is 1. The number of phenols is 1. The number of aromatic nitrogens is 2. The minimum absolute atomic E-state index is 0.0190. The van der Waals surface area contributed by atoms with Gasteiger partial charge in [0.1, 0.15) is 22.3 Å². The van der Waals surface area contributed by atoms with E-state index in [4.69, 9.17) is 0 Å². The third-order valence-corrected chi connectivity index (χ3v) is 5.31. The number of nitrogens with zero attached hydrogens (tertiary/aromatic N) is 2. The molecule has 0 spiro atoms. The number of aromatic amines is 1. The number of aromatic carboxylic acids is 1. The molecule has 9 nitrogen and oxygen atoms in total. The van der Waals surface area contributed by atoms with E-state index in [0.29, 0.717) is 0 Å². The molecule has 1 aliphatic heterocycles. The van der Waals surface area contributed by atoms with Crippen molar-refractivity contribution in [3.05, 3.63) is 49.4 Å². The van der Waals surface area contributed by atoms with Crippen molar-refractivity contribution < 1.29 is 15.0 Å². The van der Waals surface area contributed by atoms with Gasteiger partial charge in [0.05, 0.1) is 16.3 Å². The van der Waals surface area contributed by atoms with Crippen molar-refractivity contribution in [3.63, 3.8) is 0 Å². The molecule has 4 rings (SSSR count). The quantitative estimate of drug-likeness (QED) is 0.454. The molecular formula is C20H20N4O5. The molecule has 9 heteroatoms. The molecular weight excluding hydrogens is 376 g/mol. The zero-order valence-electron chi connectivity index (χ0n) is 15.7. The molecule has 1 saturated heterocycles. The van der Waals surface area contributed by atoms with Gasteiger partial charge in [-0.05, 0) is 45.1 Å². The van der Waals surface area contributed by atoms with Crippen molar-refractivity contribution in [2.24, 2.45) is 0 Å². The van der Waals surface area contributed by atoms with Crippen LogP contribution in [0.1, 0.15) is 23.2 Å². The zero-order valence-corrected chi connectivity index (χ0v) is 15.7. The lowest BCUT2D eigenvalue weighted by Crippen LogP contribution is -2.39. The van der Waals surface area contributed by atoms with E-state index >= 15 is 0 Å². The summed E-state index contributed by atoms with van der Waals surface area (Å²) in [7, 11) is 2.06. The van der Waals surface area contributed by atoms with E-state index in [2.05, 4.69) is 27.2 Å². The van der Waals surface area contributed by atoms with Gasteiger partial charge in [-0.2, -0.15) is 0 Å². The van der Waals surface area contributed by atoms with Gasteiger partial charge in [0, 0.05) is 18.3 Å². The fraction of sp³-hybridized carbons (Fsp3) is 0.300. The fourth-order valence-corrected chi connectivity index (χ4v) is 3.63. The lowest BCUT2D eigenvalue weighted by molar-refractivity contribution is 0.0699. The van der Waals surface area contributed by atoms with Crippen molar-refractivity contribution >= 4 is 34.2 Å². The smallest absolute Gasteiger partial charge is 0.337 e. The molecule has 0 bridgehead atoms. The van der Waals surface area contributed by atoms with Crippen LogP contribution in [0.2, 0.25) is 0 Å². The number of nitrogens with one attached hydrogen (secondary N) is 2. The van der Waals surface area contributed by atoms with E-state index in [1.807, 2.05) is 0 Å². The summed E-state index contributed by atoms with van der Waals surface area (Å²) in [6, 6.07) is 3.57. The third-order valence-electron chi connectivity index (χ3n) is 5.31. The maximum atomic E-state index is 12.4. The molecule has 0 amide bonds. The lowest BCUT2D eigenvalue weighted by atomic mass is 10.1. The maximum absolute atomic E-state index is 12.4. The molecule has 1 aliphatic rings. The monoisotopic (exact) mass is 396 g/mol. The predicted molar refractivity (Wildman–Crippen MR) is 108 cm³/mol. The first-order valence-electron chi connectivity index (χ1n) is 9.26. The summed E-state index contributed by atoms with van der Waals surface area (Å²) in [6.45, 7) is 1.90. The zero-order chi connectivity index (χ0) is 20.7. The summed E-state index contributed by atoms with van der Waals surface area (Å²) < 4.78 is 0. The van der Waals surface area contributed by atoms with Crippen molar-refractivity contribution in [2.45, 2.75) is 18.9 Å². The predicted octanol–water partition coefficient (Wildman–Crippen LogP) is -0.0190. The Labute approximate surface area is 164 Å². The van der Waals surface area contributed by atoms with E-state index in [1.165, 1.54) is 6.07 Å². The number of benzene rings is 2. The maximum Gasteiger partial charge on any atom is 0.337 e. The average molecular weight is 396 g/mol. The fourth-order valence-electron chi connectivity index (χ4n) is 3.63. The molecule has 0 atom stereocenters. The lowest BCUT2D eigenvalue weighted by Gasteiger charge is -2.29. The van der Waals surface area contributed by atoms with Crippen LogP contribution in [0.4, 0.5) is 0 Å². The molecule has 1 fully saturated rings. The van der Waals surface area contributed by atoms with Crippen molar-refractivity contribution in [1.29, 1.82) is 0 Å². The van der Waals surface area contributed by atoms with Gasteiger partial charge in [-0.15, -0.1) is 0 Å². The molecule has 0 saturated carbocycles. The average Bonchev–Trinajstić information content (AvgIpc) is 2.68. The van der Waals surface area contributed by atoms with Gasteiger partial charge in [0.15, 0.2) is 0 Å². The van der Waals surface area contributed by atoms with Crippen LogP contribution in [-0.4, -0.2) is 57.2 Å². The molecule has 29 heavy (non-hydrogen) atoms. The number of H-pyrrole nitrogens is 1. The van der Waals surface area contributed by atoms with Gasteiger partial charge in [-0.25, -0.2) is 9.78 Å².